The number of halogens is 2. The van der Waals surface area contributed by atoms with Crippen molar-refractivity contribution in [2.24, 2.45) is 0 Å². The van der Waals surface area contributed by atoms with Crippen molar-refractivity contribution >= 4 is 47.3 Å². The molecule has 0 bridgehead atoms. The van der Waals surface area contributed by atoms with Crippen molar-refractivity contribution in [1.29, 1.82) is 0 Å². The molecule has 5 nitrogen and oxygen atoms in total. The van der Waals surface area contributed by atoms with Crippen LogP contribution in [0.15, 0.2) is 45.9 Å². The Morgan fingerprint density at radius 3 is 2.62 bits per heavy atom. The van der Waals surface area contributed by atoms with Gasteiger partial charge in [0, 0.05) is 27.0 Å². The summed E-state index contributed by atoms with van der Waals surface area (Å²) in [6, 6.07) is 7.43. The number of benzene rings is 1. The Bertz CT molecular complexity index is 809. The van der Waals surface area contributed by atoms with Gasteiger partial charge in [-0.2, -0.15) is 0 Å². The van der Waals surface area contributed by atoms with Gasteiger partial charge < -0.3 is 5.32 Å². The van der Waals surface area contributed by atoms with Gasteiger partial charge in [0.05, 0.1) is 16.1 Å². The fourth-order valence-electron chi connectivity index (χ4n) is 1.66. The van der Waals surface area contributed by atoms with Crippen molar-refractivity contribution < 1.29 is 13.2 Å². The summed E-state index contributed by atoms with van der Waals surface area (Å²) in [6.45, 7) is 1.73. The predicted molar refractivity (Wildman–Crippen MR) is 84.1 cm³/mol. The molecule has 1 amide bonds. The van der Waals surface area contributed by atoms with Gasteiger partial charge in [0.1, 0.15) is 0 Å². The van der Waals surface area contributed by atoms with E-state index in [0.29, 0.717) is 21.4 Å². The summed E-state index contributed by atoms with van der Waals surface area (Å²) in [6.07, 6.45) is 1.60. The molecule has 2 rings (SSSR count). The molecular formula is C13H10BrClN2O3S. The molecule has 2 aromatic rings. The number of nitrogens with zero attached hydrogens (tertiary/aromatic N) is 1. The zero-order chi connectivity index (χ0) is 15.6. The second-order valence-corrected chi connectivity index (χ2v) is 7.59. The predicted octanol–water partition coefficient (Wildman–Crippen LogP) is 3.33. The van der Waals surface area contributed by atoms with Gasteiger partial charge in [-0.05, 0) is 53.2 Å². The molecule has 0 radical (unpaired) electrons. The van der Waals surface area contributed by atoms with Crippen LogP contribution < -0.4 is 5.32 Å². The van der Waals surface area contributed by atoms with E-state index in [-0.39, 0.29) is 10.8 Å². The molecule has 1 aromatic heterocycles. The maximum absolute atomic E-state index is 12.2. The number of anilines is 1. The van der Waals surface area contributed by atoms with Crippen molar-refractivity contribution in [3.05, 3.63) is 52.3 Å². The van der Waals surface area contributed by atoms with E-state index < -0.39 is 9.05 Å². The molecule has 0 unspecified atom stereocenters. The number of carbonyl (C=O) groups excluding carboxylic acids is 1. The van der Waals surface area contributed by atoms with Gasteiger partial charge >= 0.3 is 0 Å². The number of pyridine rings is 1. The van der Waals surface area contributed by atoms with Crippen molar-refractivity contribution in [2.45, 2.75) is 11.8 Å². The molecule has 1 aromatic carbocycles. The number of aryl methyl sites for hydroxylation is 1. The zero-order valence-electron chi connectivity index (χ0n) is 10.8. The molecule has 21 heavy (non-hydrogen) atoms. The Hall–Kier alpha value is -1.44. The minimum atomic E-state index is -3.81. The first-order chi connectivity index (χ1) is 9.79. The lowest BCUT2D eigenvalue weighted by molar-refractivity contribution is 0.102. The van der Waals surface area contributed by atoms with Gasteiger partial charge in [-0.15, -0.1) is 0 Å². The van der Waals surface area contributed by atoms with Crippen molar-refractivity contribution in [2.75, 3.05) is 5.32 Å². The number of amides is 1. The van der Waals surface area contributed by atoms with Crippen LogP contribution in [0.1, 0.15) is 16.1 Å². The second kappa shape index (κ2) is 6.13. The molecule has 0 saturated carbocycles. The fraction of sp³-hybridized carbons (Fsp3) is 0.0769. The van der Waals surface area contributed by atoms with Gasteiger partial charge in [-0.3, -0.25) is 9.78 Å². The molecule has 1 heterocycles. The largest absolute Gasteiger partial charge is 0.321 e. The van der Waals surface area contributed by atoms with Crippen LogP contribution in [0.5, 0.6) is 0 Å². The monoisotopic (exact) mass is 388 g/mol. The van der Waals surface area contributed by atoms with Gasteiger partial charge in [0.15, 0.2) is 0 Å². The number of hydrogen-bond acceptors (Lipinski definition) is 4. The first-order valence-electron chi connectivity index (χ1n) is 5.76. The smallest absolute Gasteiger partial charge is 0.261 e. The zero-order valence-corrected chi connectivity index (χ0v) is 14.0. The van der Waals surface area contributed by atoms with Crippen LogP contribution in [0.25, 0.3) is 0 Å². The van der Waals surface area contributed by atoms with Crippen LogP contribution in [-0.2, 0) is 9.05 Å². The number of carbonyl (C=O) groups is 1. The van der Waals surface area contributed by atoms with E-state index in [2.05, 4.69) is 26.2 Å². The summed E-state index contributed by atoms with van der Waals surface area (Å²) in [5.74, 6) is -0.331. The average Bonchev–Trinajstić information content (AvgIpc) is 2.40. The Labute approximate surface area is 134 Å². The molecule has 0 aliphatic carbocycles. The second-order valence-electron chi connectivity index (χ2n) is 4.17. The highest BCUT2D eigenvalue weighted by molar-refractivity contribution is 9.10. The summed E-state index contributed by atoms with van der Waals surface area (Å²) >= 11 is 3.21. The fourth-order valence-corrected chi connectivity index (χ4v) is 3.07. The topological polar surface area (TPSA) is 76.1 Å². The lowest BCUT2D eigenvalue weighted by Gasteiger charge is -2.09. The standard InChI is InChI=1S/C13H10BrClN2O3S/c1-8-10(3-2-6-16-8)13(18)17-12-5-4-9(7-11(12)14)21(15,19)20/h2-7H,1H3,(H,17,18). The van der Waals surface area contributed by atoms with Gasteiger partial charge in [0.2, 0.25) is 0 Å². The van der Waals surface area contributed by atoms with E-state index in [1.807, 2.05) is 0 Å². The minimum absolute atomic E-state index is 0.0494. The van der Waals surface area contributed by atoms with Crippen LogP contribution in [0, 0.1) is 6.92 Å². The third kappa shape index (κ3) is 3.81. The molecule has 0 fully saturated rings. The summed E-state index contributed by atoms with van der Waals surface area (Å²) < 4.78 is 22.9. The summed E-state index contributed by atoms with van der Waals surface area (Å²) in [4.78, 5) is 16.1. The van der Waals surface area contributed by atoms with E-state index in [1.165, 1.54) is 18.2 Å². The molecular weight excluding hydrogens is 380 g/mol. The third-order valence-corrected chi connectivity index (χ3v) is 4.73. The summed E-state index contributed by atoms with van der Waals surface area (Å²) in [7, 11) is 1.45. The molecule has 110 valence electrons. The first kappa shape index (κ1) is 15.9. The molecule has 0 atom stereocenters. The first-order valence-corrected chi connectivity index (χ1v) is 8.86. The maximum atomic E-state index is 12.2. The lowest BCUT2D eigenvalue weighted by atomic mass is 10.2. The van der Waals surface area contributed by atoms with E-state index in [1.54, 1.807) is 25.3 Å². The maximum Gasteiger partial charge on any atom is 0.261 e. The van der Waals surface area contributed by atoms with Crippen molar-refractivity contribution in [3.63, 3.8) is 0 Å². The summed E-state index contributed by atoms with van der Waals surface area (Å²) in [5.41, 5.74) is 1.48. The van der Waals surface area contributed by atoms with Gasteiger partial charge in [0.25, 0.3) is 15.0 Å². The normalized spacial score (nSPS) is 11.2. The van der Waals surface area contributed by atoms with E-state index in [4.69, 9.17) is 10.7 Å². The highest BCUT2D eigenvalue weighted by Gasteiger charge is 2.15. The summed E-state index contributed by atoms with van der Waals surface area (Å²) in [5, 5.41) is 2.68. The Morgan fingerprint density at radius 1 is 1.33 bits per heavy atom. The minimum Gasteiger partial charge on any atom is -0.321 e. The molecule has 8 heteroatoms. The van der Waals surface area contributed by atoms with Crippen molar-refractivity contribution in [3.8, 4) is 0 Å². The van der Waals surface area contributed by atoms with Crippen LogP contribution in [0.3, 0.4) is 0 Å². The van der Waals surface area contributed by atoms with Gasteiger partial charge in [-0.25, -0.2) is 8.42 Å². The van der Waals surface area contributed by atoms with Crippen LogP contribution >= 0.6 is 26.6 Å². The number of nitrogens with one attached hydrogen (secondary N) is 1. The third-order valence-electron chi connectivity index (χ3n) is 2.72. The van der Waals surface area contributed by atoms with E-state index >= 15 is 0 Å². The Kier molecular flexibility index (Phi) is 4.65. The van der Waals surface area contributed by atoms with Crippen molar-refractivity contribution in [1.82, 2.24) is 4.98 Å². The number of hydrogen-bond donors (Lipinski definition) is 1. The Balaban J connectivity index is 2.29. The quantitative estimate of drug-likeness (QED) is 0.817. The highest BCUT2D eigenvalue weighted by Crippen LogP contribution is 2.27. The Morgan fingerprint density at radius 2 is 2.05 bits per heavy atom. The molecule has 1 N–H and O–H groups in total. The van der Waals surface area contributed by atoms with Crippen LogP contribution in [0.2, 0.25) is 0 Å². The van der Waals surface area contributed by atoms with Crippen LogP contribution in [-0.4, -0.2) is 19.3 Å². The lowest BCUT2D eigenvalue weighted by Crippen LogP contribution is -2.14. The van der Waals surface area contributed by atoms with E-state index in [0.717, 1.165) is 0 Å². The van der Waals surface area contributed by atoms with Crippen LogP contribution in [0.4, 0.5) is 5.69 Å². The van der Waals surface area contributed by atoms with Gasteiger partial charge in [-0.1, -0.05) is 0 Å². The number of aromatic nitrogens is 1. The average molecular weight is 390 g/mol. The SMILES string of the molecule is Cc1ncccc1C(=O)Nc1ccc(S(=O)(=O)Cl)cc1Br. The molecule has 0 saturated heterocycles. The number of rotatable bonds is 3. The highest BCUT2D eigenvalue weighted by atomic mass is 79.9. The molecule has 0 aliphatic rings. The molecule has 0 aliphatic heterocycles. The van der Waals surface area contributed by atoms with E-state index in [9.17, 15) is 13.2 Å². The molecule has 0 spiro atoms.